The summed E-state index contributed by atoms with van der Waals surface area (Å²) in [5, 5.41) is 0. The van der Waals surface area contributed by atoms with Crippen LogP contribution in [0.2, 0.25) is 0 Å². The minimum atomic E-state index is 0.932. The van der Waals surface area contributed by atoms with Crippen LogP contribution in [0.4, 0.5) is 0 Å². The molecule has 0 rings (SSSR count). The summed E-state index contributed by atoms with van der Waals surface area (Å²) >= 11 is 0. The lowest BCUT2D eigenvalue weighted by Gasteiger charge is -2.09. The summed E-state index contributed by atoms with van der Waals surface area (Å²) in [6.07, 6.45) is 9.76. The number of rotatable bonds is 5. The number of hydrogen-bond donors (Lipinski definition) is 0. The van der Waals surface area contributed by atoms with E-state index in [4.69, 9.17) is 0 Å². The van der Waals surface area contributed by atoms with Gasteiger partial charge in [0.1, 0.15) is 0 Å². The second-order valence-electron chi connectivity index (χ2n) is 2.87. The van der Waals surface area contributed by atoms with Crippen LogP contribution in [0.25, 0.3) is 0 Å². The van der Waals surface area contributed by atoms with Gasteiger partial charge in [0.05, 0.1) is 0 Å². The molecule has 0 amide bonds. The molecule has 0 aliphatic rings. The highest BCUT2D eigenvalue weighted by atomic mass is 14.1. The van der Waals surface area contributed by atoms with Crippen molar-refractivity contribution in [1.29, 1.82) is 0 Å². The summed E-state index contributed by atoms with van der Waals surface area (Å²) < 4.78 is 0. The van der Waals surface area contributed by atoms with Crippen molar-refractivity contribution >= 4 is 0 Å². The van der Waals surface area contributed by atoms with E-state index in [1.807, 2.05) is 0 Å². The fourth-order valence-corrected chi connectivity index (χ4v) is 1.23. The Kier molecular flexibility index (Phi) is 6.68. The molecule has 0 N–H and O–H groups in total. The zero-order valence-electron chi connectivity index (χ0n) is 7.56. The molecular weight excluding hydrogens is 120 g/mol. The first-order valence-corrected chi connectivity index (χ1v) is 4.46. The van der Waals surface area contributed by atoms with Gasteiger partial charge in [0.15, 0.2) is 0 Å². The van der Waals surface area contributed by atoms with Crippen molar-refractivity contribution in [3.63, 3.8) is 0 Å². The molecule has 0 heteroatoms. The Bertz CT molecular complexity index is 82.0. The molecule has 0 spiro atoms. The first-order valence-electron chi connectivity index (χ1n) is 4.46. The molecule has 0 saturated carbocycles. The standard InChI is InChI=1S/C10H20/c1-4-7-9-10(6-3)8-5-2/h4,7,10H,5-6,8-9H2,1-3H3. The van der Waals surface area contributed by atoms with E-state index in [2.05, 4.69) is 32.9 Å². The minimum Gasteiger partial charge on any atom is -0.0917 e. The highest BCUT2D eigenvalue weighted by Gasteiger charge is 2.00. The molecule has 10 heavy (non-hydrogen) atoms. The van der Waals surface area contributed by atoms with Crippen LogP contribution in [-0.2, 0) is 0 Å². The van der Waals surface area contributed by atoms with Gasteiger partial charge in [0.2, 0.25) is 0 Å². The fraction of sp³-hybridized carbons (Fsp3) is 0.800. The van der Waals surface area contributed by atoms with Crippen LogP contribution < -0.4 is 0 Å². The van der Waals surface area contributed by atoms with Crippen molar-refractivity contribution in [1.82, 2.24) is 0 Å². The van der Waals surface area contributed by atoms with E-state index in [0.29, 0.717) is 0 Å². The molecule has 0 bridgehead atoms. The van der Waals surface area contributed by atoms with E-state index in [9.17, 15) is 0 Å². The molecule has 0 nitrogen and oxygen atoms in total. The summed E-state index contributed by atoms with van der Waals surface area (Å²) in [5.74, 6) is 0.932. The van der Waals surface area contributed by atoms with Crippen molar-refractivity contribution in [3.05, 3.63) is 12.2 Å². The third-order valence-electron chi connectivity index (χ3n) is 1.98. The van der Waals surface area contributed by atoms with Gasteiger partial charge in [0.25, 0.3) is 0 Å². The topological polar surface area (TPSA) is 0 Å². The van der Waals surface area contributed by atoms with Gasteiger partial charge < -0.3 is 0 Å². The van der Waals surface area contributed by atoms with Crippen LogP contribution in [0.15, 0.2) is 12.2 Å². The van der Waals surface area contributed by atoms with Gasteiger partial charge in [0, 0.05) is 0 Å². The maximum absolute atomic E-state index is 2.28. The molecule has 0 radical (unpaired) electrons. The molecular formula is C10H20. The predicted molar refractivity (Wildman–Crippen MR) is 48.1 cm³/mol. The minimum absolute atomic E-state index is 0.932. The van der Waals surface area contributed by atoms with Gasteiger partial charge in [-0.05, 0) is 19.3 Å². The van der Waals surface area contributed by atoms with Gasteiger partial charge >= 0.3 is 0 Å². The number of allylic oxidation sites excluding steroid dienone is 2. The largest absolute Gasteiger partial charge is 0.0917 e. The van der Waals surface area contributed by atoms with Crippen LogP contribution >= 0.6 is 0 Å². The molecule has 1 unspecified atom stereocenters. The van der Waals surface area contributed by atoms with E-state index in [-0.39, 0.29) is 0 Å². The van der Waals surface area contributed by atoms with E-state index < -0.39 is 0 Å². The summed E-state index contributed by atoms with van der Waals surface area (Å²) in [4.78, 5) is 0. The van der Waals surface area contributed by atoms with E-state index in [1.54, 1.807) is 0 Å². The Morgan fingerprint density at radius 2 is 2.00 bits per heavy atom. The Morgan fingerprint density at radius 1 is 1.30 bits per heavy atom. The zero-order valence-corrected chi connectivity index (χ0v) is 7.56. The van der Waals surface area contributed by atoms with Crippen molar-refractivity contribution in [2.45, 2.75) is 46.5 Å². The molecule has 0 aliphatic heterocycles. The van der Waals surface area contributed by atoms with Crippen LogP contribution in [0, 0.1) is 5.92 Å². The second kappa shape index (κ2) is 6.85. The average molecular weight is 140 g/mol. The molecule has 60 valence electrons. The Labute approximate surface area is 65.3 Å². The van der Waals surface area contributed by atoms with Crippen LogP contribution in [-0.4, -0.2) is 0 Å². The molecule has 0 aromatic rings. The average Bonchev–Trinajstić information content (AvgIpc) is 1.98. The van der Waals surface area contributed by atoms with Crippen LogP contribution in [0.1, 0.15) is 46.5 Å². The first kappa shape index (κ1) is 9.74. The lowest BCUT2D eigenvalue weighted by Crippen LogP contribution is -1.95. The summed E-state index contributed by atoms with van der Waals surface area (Å²) in [7, 11) is 0. The highest BCUT2D eigenvalue weighted by Crippen LogP contribution is 2.15. The third-order valence-corrected chi connectivity index (χ3v) is 1.98. The van der Waals surface area contributed by atoms with E-state index in [0.717, 1.165) is 5.92 Å². The Balaban J connectivity index is 3.39. The molecule has 0 aliphatic carbocycles. The van der Waals surface area contributed by atoms with E-state index >= 15 is 0 Å². The van der Waals surface area contributed by atoms with Crippen molar-refractivity contribution < 1.29 is 0 Å². The predicted octanol–water partition coefficient (Wildman–Crippen LogP) is 3.78. The smallest absolute Gasteiger partial charge is 0.0322 e. The summed E-state index contributed by atoms with van der Waals surface area (Å²) in [6, 6.07) is 0. The molecule has 0 heterocycles. The molecule has 0 saturated heterocycles. The monoisotopic (exact) mass is 140 g/mol. The first-order chi connectivity index (χ1) is 4.85. The molecule has 0 aromatic carbocycles. The van der Waals surface area contributed by atoms with Gasteiger partial charge in [-0.1, -0.05) is 45.3 Å². The van der Waals surface area contributed by atoms with Gasteiger partial charge in [-0.2, -0.15) is 0 Å². The lowest BCUT2D eigenvalue weighted by atomic mass is 9.97. The zero-order chi connectivity index (χ0) is 7.82. The second-order valence-corrected chi connectivity index (χ2v) is 2.87. The lowest BCUT2D eigenvalue weighted by molar-refractivity contribution is 0.470. The summed E-state index contributed by atoms with van der Waals surface area (Å²) in [5.41, 5.74) is 0. The third kappa shape index (κ3) is 4.60. The van der Waals surface area contributed by atoms with Gasteiger partial charge in [-0.3, -0.25) is 0 Å². The molecule has 0 fully saturated rings. The number of hydrogen-bond acceptors (Lipinski definition) is 0. The van der Waals surface area contributed by atoms with Crippen LogP contribution in [0.5, 0.6) is 0 Å². The molecule has 1 atom stereocenters. The van der Waals surface area contributed by atoms with Crippen molar-refractivity contribution in [2.24, 2.45) is 5.92 Å². The van der Waals surface area contributed by atoms with E-state index in [1.165, 1.54) is 25.7 Å². The normalized spacial score (nSPS) is 14.3. The molecule has 0 aromatic heterocycles. The highest BCUT2D eigenvalue weighted by molar-refractivity contribution is 4.79. The summed E-state index contributed by atoms with van der Waals surface area (Å²) in [6.45, 7) is 6.64. The van der Waals surface area contributed by atoms with Crippen LogP contribution in [0.3, 0.4) is 0 Å². The Hall–Kier alpha value is -0.260. The van der Waals surface area contributed by atoms with Crippen molar-refractivity contribution in [3.8, 4) is 0 Å². The van der Waals surface area contributed by atoms with Gasteiger partial charge in [-0.15, -0.1) is 0 Å². The fourth-order valence-electron chi connectivity index (χ4n) is 1.23. The van der Waals surface area contributed by atoms with Crippen molar-refractivity contribution in [2.75, 3.05) is 0 Å². The van der Waals surface area contributed by atoms with Gasteiger partial charge in [-0.25, -0.2) is 0 Å². The quantitative estimate of drug-likeness (QED) is 0.510. The maximum atomic E-state index is 2.28. The SMILES string of the molecule is CC=CCC(CC)CCC. The Morgan fingerprint density at radius 3 is 2.40 bits per heavy atom. The maximum Gasteiger partial charge on any atom is -0.0322 e.